The van der Waals surface area contributed by atoms with E-state index in [1.807, 2.05) is 52.0 Å². The third-order valence-electron chi connectivity index (χ3n) is 3.78. The van der Waals surface area contributed by atoms with Crippen LogP contribution in [-0.4, -0.2) is 31.8 Å². The maximum absolute atomic E-state index is 12.4. The lowest BCUT2D eigenvalue weighted by Gasteiger charge is -2.13. The van der Waals surface area contributed by atoms with E-state index in [0.717, 1.165) is 12.1 Å². The molecule has 3 aromatic rings. The Labute approximate surface area is 141 Å². The van der Waals surface area contributed by atoms with Crippen molar-refractivity contribution in [3.8, 4) is 0 Å². The topological polar surface area (TPSA) is 64.7 Å². The van der Waals surface area contributed by atoms with Gasteiger partial charge < -0.3 is 9.88 Å². The van der Waals surface area contributed by atoms with Crippen LogP contribution in [0.2, 0.25) is 0 Å². The zero-order chi connectivity index (χ0) is 16.8. The van der Waals surface area contributed by atoms with E-state index < -0.39 is 0 Å². The Morgan fingerprint density at radius 3 is 2.92 bits per heavy atom. The molecule has 124 valence electrons. The third-order valence-corrected chi connectivity index (χ3v) is 3.78. The van der Waals surface area contributed by atoms with Crippen LogP contribution in [0.3, 0.4) is 0 Å². The van der Waals surface area contributed by atoms with Gasteiger partial charge in [-0.05, 0) is 29.7 Å². The monoisotopic (exact) mass is 323 g/mol. The number of carbonyl (C=O) groups excluding carboxylic acids is 1. The second kappa shape index (κ2) is 7.59. The standard InChI is InChI=1S/C18H21N5O/c1-15(12-23-8-3-6-21-23)11-20-18(24)17-5-2-4-16(10-17)13-22-9-7-19-14-22/h2-10,14-15H,11-13H2,1H3,(H,20,24). The number of hydrogen-bond donors (Lipinski definition) is 1. The molecule has 0 fully saturated rings. The van der Waals surface area contributed by atoms with E-state index in [1.165, 1.54) is 0 Å². The lowest BCUT2D eigenvalue weighted by atomic mass is 10.1. The van der Waals surface area contributed by atoms with Crippen molar-refractivity contribution in [3.63, 3.8) is 0 Å². The first kappa shape index (κ1) is 16.0. The number of rotatable bonds is 7. The maximum atomic E-state index is 12.4. The Morgan fingerprint density at radius 1 is 1.25 bits per heavy atom. The third kappa shape index (κ3) is 4.32. The number of benzene rings is 1. The van der Waals surface area contributed by atoms with E-state index in [2.05, 4.69) is 22.3 Å². The van der Waals surface area contributed by atoms with Gasteiger partial charge in [-0.25, -0.2) is 4.98 Å². The van der Waals surface area contributed by atoms with Gasteiger partial charge in [0, 0.05) is 50.0 Å². The lowest BCUT2D eigenvalue weighted by Crippen LogP contribution is -2.30. The van der Waals surface area contributed by atoms with Crippen LogP contribution in [0.5, 0.6) is 0 Å². The minimum atomic E-state index is -0.0465. The molecule has 2 heterocycles. The van der Waals surface area contributed by atoms with Gasteiger partial charge in [0.1, 0.15) is 0 Å². The minimum Gasteiger partial charge on any atom is -0.352 e. The fraction of sp³-hybridized carbons (Fsp3) is 0.278. The predicted octanol–water partition coefficient (Wildman–Crippen LogP) is 2.19. The van der Waals surface area contributed by atoms with Crippen LogP contribution >= 0.6 is 0 Å². The van der Waals surface area contributed by atoms with Crippen LogP contribution in [-0.2, 0) is 13.1 Å². The molecule has 0 aliphatic heterocycles. The van der Waals surface area contributed by atoms with Gasteiger partial charge in [0.25, 0.3) is 5.91 Å². The van der Waals surface area contributed by atoms with Crippen LogP contribution in [0.25, 0.3) is 0 Å². The molecule has 0 aliphatic carbocycles. The Balaban J connectivity index is 1.54. The highest BCUT2D eigenvalue weighted by atomic mass is 16.1. The van der Waals surface area contributed by atoms with Crippen LogP contribution < -0.4 is 5.32 Å². The molecule has 6 heteroatoms. The van der Waals surface area contributed by atoms with Crippen LogP contribution in [0.1, 0.15) is 22.8 Å². The summed E-state index contributed by atoms with van der Waals surface area (Å²) in [6, 6.07) is 9.58. The first-order valence-electron chi connectivity index (χ1n) is 8.01. The zero-order valence-corrected chi connectivity index (χ0v) is 13.7. The first-order chi connectivity index (χ1) is 11.7. The van der Waals surface area contributed by atoms with Gasteiger partial charge >= 0.3 is 0 Å². The van der Waals surface area contributed by atoms with E-state index in [4.69, 9.17) is 0 Å². The SMILES string of the molecule is CC(CNC(=O)c1cccc(Cn2ccnc2)c1)Cn1cccn1. The molecule has 0 aliphatic rings. The largest absolute Gasteiger partial charge is 0.352 e. The van der Waals surface area contributed by atoms with Gasteiger partial charge in [0.2, 0.25) is 0 Å². The second-order valence-corrected chi connectivity index (χ2v) is 5.98. The fourth-order valence-electron chi connectivity index (χ4n) is 2.56. The summed E-state index contributed by atoms with van der Waals surface area (Å²) in [4.78, 5) is 16.4. The lowest BCUT2D eigenvalue weighted by molar-refractivity contribution is 0.0946. The zero-order valence-electron chi connectivity index (χ0n) is 13.7. The van der Waals surface area contributed by atoms with Crippen LogP contribution in [0, 0.1) is 5.92 Å². The summed E-state index contributed by atoms with van der Waals surface area (Å²) in [7, 11) is 0. The number of aromatic nitrogens is 4. The number of nitrogens with zero attached hydrogens (tertiary/aromatic N) is 4. The summed E-state index contributed by atoms with van der Waals surface area (Å²) in [5, 5.41) is 7.18. The number of amides is 1. The van der Waals surface area contributed by atoms with Crippen LogP contribution in [0.15, 0.2) is 61.4 Å². The van der Waals surface area contributed by atoms with Crippen molar-refractivity contribution in [1.29, 1.82) is 0 Å². The average molecular weight is 323 g/mol. The summed E-state index contributed by atoms with van der Waals surface area (Å²) in [6.45, 7) is 4.20. The van der Waals surface area contributed by atoms with Crippen molar-refractivity contribution in [1.82, 2.24) is 24.6 Å². The average Bonchev–Trinajstić information content (AvgIpc) is 3.27. The Morgan fingerprint density at radius 2 is 2.17 bits per heavy atom. The van der Waals surface area contributed by atoms with Crippen molar-refractivity contribution >= 4 is 5.91 Å². The van der Waals surface area contributed by atoms with Crippen LogP contribution in [0.4, 0.5) is 0 Å². The van der Waals surface area contributed by atoms with Crippen molar-refractivity contribution in [2.45, 2.75) is 20.0 Å². The number of hydrogen-bond acceptors (Lipinski definition) is 3. The van der Waals surface area contributed by atoms with Crippen molar-refractivity contribution in [2.75, 3.05) is 6.54 Å². The van der Waals surface area contributed by atoms with E-state index in [-0.39, 0.29) is 5.91 Å². The molecule has 3 rings (SSSR count). The van der Waals surface area contributed by atoms with E-state index in [9.17, 15) is 4.79 Å². The predicted molar refractivity (Wildman–Crippen MR) is 91.5 cm³/mol. The summed E-state index contributed by atoms with van der Waals surface area (Å²) in [5.41, 5.74) is 1.75. The van der Waals surface area contributed by atoms with Crippen molar-refractivity contribution in [2.24, 2.45) is 5.92 Å². The molecule has 2 aromatic heterocycles. The molecule has 1 atom stereocenters. The van der Waals surface area contributed by atoms with E-state index in [0.29, 0.717) is 24.6 Å². The minimum absolute atomic E-state index is 0.0465. The first-order valence-corrected chi connectivity index (χ1v) is 8.01. The second-order valence-electron chi connectivity index (χ2n) is 5.98. The molecular formula is C18H21N5O. The van der Waals surface area contributed by atoms with E-state index in [1.54, 1.807) is 18.7 Å². The molecule has 1 N–H and O–H groups in total. The highest BCUT2D eigenvalue weighted by molar-refractivity contribution is 5.94. The Kier molecular flexibility index (Phi) is 5.05. The quantitative estimate of drug-likeness (QED) is 0.725. The smallest absolute Gasteiger partial charge is 0.251 e. The van der Waals surface area contributed by atoms with Gasteiger partial charge in [0.05, 0.1) is 6.33 Å². The molecule has 1 amide bonds. The molecule has 0 spiro atoms. The number of carbonyl (C=O) groups is 1. The summed E-state index contributed by atoms with van der Waals surface area (Å²) < 4.78 is 3.85. The molecule has 0 radical (unpaired) electrons. The Hall–Kier alpha value is -2.89. The van der Waals surface area contributed by atoms with Gasteiger partial charge in [-0.2, -0.15) is 5.10 Å². The molecular weight excluding hydrogens is 302 g/mol. The molecule has 0 bridgehead atoms. The summed E-state index contributed by atoms with van der Waals surface area (Å²) in [5.74, 6) is 0.262. The number of imidazole rings is 1. The fourth-order valence-corrected chi connectivity index (χ4v) is 2.56. The van der Waals surface area contributed by atoms with Gasteiger partial charge in [-0.3, -0.25) is 9.48 Å². The highest BCUT2D eigenvalue weighted by Gasteiger charge is 2.09. The molecule has 6 nitrogen and oxygen atoms in total. The molecule has 1 unspecified atom stereocenters. The maximum Gasteiger partial charge on any atom is 0.251 e. The van der Waals surface area contributed by atoms with Gasteiger partial charge in [0.15, 0.2) is 0 Å². The molecule has 24 heavy (non-hydrogen) atoms. The van der Waals surface area contributed by atoms with Crippen molar-refractivity contribution in [3.05, 3.63) is 72.6 Å². The molecule has 1 aromatic carbocycles. The summed E-state index contributed by atoms with van der Waals surface area (Å²) >= 11 is 0. The van der Waals surface area contributed by atoms with Crippen molar-refractivity contribution < 1.29 is 4.79 Å². The molecule has 0 saturated heterocycles. The van der Waals surface area contributed by atoms with Gasteiger partial charge in [-0.1, -0.05) is 19.1 Å². The highest BCUT2D eigenvalue weighted by Crippen LogP contribution is 2.08. The normalized spacial score (nSPS) is 12.0. The Bertz CT molecular complexity index is 765. The van der Waals surface area contributed by atoms with E-state index >= 15 is 0 Å². The summed E-state index contributed by atoms with van der Waals surface area (Å²) in [6.07, 6.45) is 9.11. The van der Waals surface area contributed by atoms with Gasteiger partial charge in [-0.15, -0.1) is 0 Å². The molecule has 0 saturated carbocycles. The number of nitrogens with one attached hydrogen (secondary N) is 1.